The number of carbonyl (C=O) groups excluding carboxylic acids is 1. The van der Waals surface area contributed by atoms with Crippen molar-refractivity contribution < 1.29 is 4.79 Å². The van der Waals surface area contributed by atoms with E-state index in [1.165, 1.54) is 12.8 Å². The summed E-state index contributed by atoms with van der Waals surface area (Å²) >= 11 is 0. The fourth-order valence-electron chi connectivity index (χ4n) is 2.41. The van der Waals surface area contributed by atoms with Crippen LogP contribution in [0.2, 0.25) is 0 Å². The second-order valence-electron chi connectivity index (χ2n) is 4.76. The summed E-state index contributed by atoms with van der Waals surface area (Å²) in [6.45, 7) is 6.28. The summed E-state index contributed by atoms with van der Waals surface area (Å²) in [6.07, 6.45) is 2.46. The molecule has 3 atom stereocenters. The molecule has 16 heavy (non-hydrogen) atoms. The normalized spacial score (nSPS) is 26.1. The van der Waals surface area contributed by atoms with Crippen molar-refractivity contribution in [2.45, 2.75) is 38.8 Å². The second-order valence-corrected chi connectivity index (χ2v) is 4.76. The van der Waals surface area contributed by atoms with Crippen LogP contribution in [0, 0.1) is 5.92 Å². The van der Waals surface area contributed by atoms with Crippen LogP contribution < -0.4 is 10.6 Å². The van der Waals surface area contributed by atoms with Crippen molar-refractivity contribution in [3.05, 3.63) is 0 Å². The molecular weight excluding hydrogens is 202 g/mol. The zero-order valence-electron chi connectivity index (χ0n) is 10.9. The van der Waals surface area contributed by atoms with Crippen LogP contribution in [0.25, 0.3) is 0 Å². The van der Waals surface area contributed by atoms with E-state index >= 15 is 0 Å². The lowest BCUT2D eigenvalue weighted by atomic mass is 9.91. The fraction of sp³-hybridized carbons (Fsp3) is 0.917. The van der Waals surface area contributed by atoms with Gasteiger partial charge < -0.3 is 10.6 Å². The number of nitrogens with one attached hydrogen (secondary N) is 2. The molecule has 1 saturated heterocycles. The van der Waals surface area contributed by atoms with Gasteiger partial charge in [0.15, 0.2) is 0 Å². The van der Waals surface area contributed by atoms with Crippen molar-refractivity contribution in [1.82, 2.24) is 15.5 Å². The van der Waals surface area contributed by atoms with Gasteiger partial charge in [-0.1, -0.05) is 0 Å². The SMILES string of the molecule is CNC(=O)C(C)N1CCCC(C(C)NC)C1. The number of amides is 1. The van der Waals surface area contributed by atoms with Crippen molar-refractivity contribution in [3.8, 4) is 0 Å². The van der Waals surface area contributed by atoms with Gasteiger partial charge in [0.2, 0.25) is 5.91 Å². The first-order valence-electron chi connectivity index (χ1n) is 6.23. The highest BCUT2D eigenvalue weighted by Crippen LogP contribution is 2.21. The maximum atomic E-state index is 11.6. The van der Waals surface area contributed by atoms with Gasteiger partial charge in [-0.2, -0.15) is 0 Å². The van der Waals surface area contributed by atoms with E-state index in [1.54, 1.807) is 7.05 Å². The first kappa shape index (κ1) is 13.5. The van der Waals surface area contributed by atoms with Crippen LogP contribution in [0.1, 0.15) is 26.7 Å². The van der Waals surface area contributed by atoms with Gasteiger partial charge >= 0.3 is 0 Å². The highest BCUT2D eigenvalue weighted by molar-refractivity contribution is 5.80. The minimum absolute atomic E-state index is 0.00291. The first-order valence-corrected chi connectivity index (χ1v) is 6.23. The number of carbonyl (C=O) groups is 1. The molecule has 0 aromatic carbocycles. The Kier molecular flexibility index (Phi) is 5.22. The van der Waals surface area contributed by atoms with E-state index in [2.05, 4.69) is 22.5 Å². The van der Waals surface area contributed by atoms with E-state index in [4.69, 9.17) is 0 Å². The van der Waals surface area contributed by atoms with E-state index in [0.29, 0.717) is 12.0 Å². The molecule has 0 spiro atoms. The van der Waals surface area contributed by atoms with Gasteiger partial charge in [-0.25, -0.2) is 0 Å². The molecule has 0 aromatic rings. The third-order valence-corrected chi connectivity index (χ3v) is 3.83. The van der Waals surface area contributed by atoms with Crippen LogP contribution in [0.4, 0.5) is 0 Å². The van der Waals surface area contributed by atoms with Crippen molar-refractivity contribution >= 4 is 5.91 Å². The van der Waals surface area contributed by atoms with E-state index in [-0.39, 0.29) is 11.9 Å². The Hall–Kier alpha value is -0.610. The monoisotopic (exact) mass is 227 g/mol. The predicted octanol–water partition coefficient (Wildman–Crippen LogP) is 0.441. The quantitative estimate of drug-likeness (QED) is 0.732. The summed E-state index contributed by atoms with van der Waals surface area (Å²) in [4.78, 5) is 13.9. The molecule has 0 aliphatic carbocycles. The second kappa shape index (κ2) is 6.21. The van der Waals surface area contributed by atoms with Gasteiger partial charge in [-0.3, -0.25) is 9.69 Å². The Balaban J connectivity index is 2.53. The Bertz CT molecular complexity index is 232. The minimum atomic E-state index is -0.00291. The Morgan fingerprint density at radius 2 is 2.06 bits per heavy atom. The number of rotatable bonds is 4. The molecular formula is C12H25N3O. The molecule has 94 valence electrons. The fourth-order valence-corrected chi connectivity index (χ4v) is 2.41. The Morgan fingerprint density at radius 3 is 2.62 bits per heavy atom. The van der Waals surface area contributed by atoms with Crippen molar-refractivity contribution in [3.63, 3.8) is 0 Å². The van der Waals surface area contributed by atoms with E-state index in [0.717, 1.165) is 13.1 Å². The van der Waals surface area contributed by atoms with E-state index < -0.39 is 0 Å². The highest BCUT2D eigenvalue weighted by Gasteiger charge is 2.28. The molecule has 1 amide bonds. The zero-order chi connectivity index (χ0) is 12.1. The molecule has 2 N–H and O–H groups in total. The van der Waals surface area contributed by atoms with Gasteiger partial charge in [0, 0.05) is 19.6 Å². The van der Waals surface area contributed by atoms with Crippen molar-refractivity contribution in [2.75, 3.05) is 27.2 Å². The lowest BCUT2D eigenvalue weighted by Crippen LogP contribution is -2.51. The summed E-state index contributed by atoms with van der Waals surface area (Å²) in [5.41, 5.74) is 0. The zero-order valence-corrected chi connectivity index (χ0v) is 10.9. The topological polar surface area (TPSA) is 44.4 Å². The summed E-state index contributed by atoms with van der Waals surface area (Å²) in [6, 6.07) is 0.525. The summed E-state index contributed by atoms with van der Waals surface area (Å²) < 4.78 is 0. The number of nitrogens with zero attached hydrogens (tertiary/aromatic N) is 1. The average Bonchev–Trinajstić information content (AvgIpc) is 2.36. The number of piperidine rings is 1. The molecule has 0 radical (unpaired) electrons. The minimum Gasteiger partial charge on any atom is -0.358 e. The first-order chi connectivity index (χ1) is 7.60. The standard InChI is InChI=1S/C12H25N3O/c1-9(13-3)11-6-5-7-15(8-11)10(2)12(16)14-4/h9-11,13H,5-8H2,1-4H3,(H,14,16). The van der Waals surface area contributed by atoms with E-state index in [1.807, 2.05) is 14.0 Å². The Labute approximate surface area is 98.8 Å². The smallest absolute Gasteiger partial charge is 0.236 e. The van der Waals surface area contributed by atoms with Gasteiger partial charge in [0.1, 0.15) is 0 Å². The highest BCUT2D eigenvalue weighted by atomic mass is 16.2. The molecule has 4 nitrogen and oxygen atoms in total. The number of likely N-dealkylation sites (tertiary alicyclic amines) is 1. The van der Waals surface area contributed by atoms with E-state index in [9.17, 15) is 4.79 Å². The maximum absolute atomic E-state index is 11.6. The molecule has 3 unspecified atom stereocenters. The van der Waals surface area contributed by atoms with Gasteiger partial charge in [-0.05, 0) is 46.2 Å². The lowest BCUT2D eigenvalue weighted by molar-refractivity contribution is -0.126. The number of hydrogen-bond donors (Lipinski definition) is 2. The van der Waals surface area contributed by atoms with Crippen LogP contribution in [0.3, 0.4) is 0 Å². The lowest BCUT2D eigenvalue weighted by Gasteiger charge is -2.38. The summed E-state index contributed by atoms with van der Waals surface area (Å²) in [5.74, 6) is 0.781. The average molecular weight is 227 g/mol. The largest absolute Gasteiger partial charge is 0.358 e. The summed E-state index contributed by atoms with van der Waals surface area (Å²) in [5, 5.41) is 6.03. The molecule has 0 saturated carbocycles. The Morgan fingerprint density at radius 1 is 1.38 bits per heavy atom. The van der Waals surface area contributed by atoms with Crippen LogP contribution >= 0.6 is 0 Å². The molecule has 0 aromatic heterocycles. The van der Waals surface area contributed by atoms with Gasteiger partial charge in [0.05, 0.1) is 6.04 Å². The maximum Gasteiger partial charge on any atom is 0.236 e. The molecule has 1 aliphatic rings. The predicted molar refractivity (Wildman–Crippen MR) is 66.3 cm³/mol. The van der Waals surface area contributed by atoms with Crippen LogP contribution in [0.15, 0.2) is 0 Å². The van der Waals surface area contributed by atoms with Crippen molar-refractivity contribution in [2.24, 2.45) is 5.92 Å². The van der Waals surface area contributed by atoms with Gasteiger partial charge in [0.25, 0.3) is 0 Å². The number of likely N-dealkylation sites (N-methyl/N-ethyl adjacent to an activating group) is 1. The summed E-state index contributed by atoms with van der Waals surface area (Å²) in [7, 11) is 3.71. The van der Waals surface area contributed by atoms with Gasteiger partial charge in [-0.15, -0.1) is 0 Å². The number of hydrogen-bond acceptors (Lipinski definition) is 3. The van der Waals surface area contributed by atoms with Crippen molar-refractivity contribution in [1.29, 1.82) is 0 Å². The molecule has 1 rings (SSSR count). The van der Waals surface area contributed by atoms with Crippen LogP contribution in [-0.4, -0.2) is 50.1 Å². The molecule has 4 heteroatoms. The third-order valence-electron chi connectivity index (χ3n) is 3.83. The molecule has 1 aliphatic heterocycles. The molecule has 1 heterocycles. The molecule has 0 bridgehead atoms. The molecule has 1 fully saturated rings. The van der Waals surface area contributed by atoms with Crippen LogP contribution in [-0.2, 0) is 4.79 Å². The third kappa shape index (κ3) is 3.19. The van der Waals surface area contributed by atoms with Crippen LogP contribution in [0.5, 0.6) is 0 Å².